The standard InChI is InChI=1S/C17H25FO2/c1-12-9-13(11-14(18)10-12)15(19)17(20-4)7-5-16(2,3)6-8-17/h9-11,15,19H,5-8H2,1-4H3. The zero-order chi connectivity index (χ0) is 15.0. The van der Waals surface area contributed by atoms with E-state index >= 15 is 0 Å². The Bertz CT molecular complexity index is 452. The first-order valence-electron chi connectivity index (χ1n) is 7.28. The van der Waals surface area contributed by atoms with E-state index in [1.807, 2.05) is 13.0 Å². The van der Waals surface area contributed by atoms with E-state index in [0.717, 1.165) is 31.2 Å². The Labute approximate surface area is 121 Å². The fraction of sp³-hybridized carbons (Fsp3) is 0.647. The number of halogens is 1. The fourth-order valence-corrected chi connectivity index (χ4v) is 3.17. The first-order chi connectivity index (χ1) is 9.28. The second-order valence-electron chi connectivity index (χ2n) is 6.90. The van der Waals surface area contributed by atoms with Gasteiger partial charge in [0.1, 0.15) is 11.9 Å². The minimum atomic E-state index is -0.780. The van der Waals surface area contributed by atoms with Crippen molar-refractivity contribution in [1.82, 2.24) is 0 Å². The van der Waals surface area contributed by atoms with Gasteiger partial charge in [0.25, 0.3) is 0 Å². The zero-order valence-electron chi connectivity index (χ0n) is 12.9. The summed E-state index contributed by atoms with van der Waals surface area (Å²) < 4.78 is 19.3. The van der Waals surface area contributed by atoms with E-state index in [2.05, 4.69) is 13.8 Å². The molecule has 1 fully saturated rings. The van der Waals surface area contributed by atoms with E-state index in [-0.39, 0.29) is 5.82 Å². The molecule has 112 valence electrons. The van der Waals surface area contributed by atoms with E-state index in [1.165, 1.54) is 12.1 Å². The average molecular weight is 280 g/mol. The summed E-state index contributed by atoms with van der Waals surface area (Å²) in [5.41, 5.74) is 1.14. The lowest BCUT2D eigenvalue weighted by atomic mass is 9.68. The van der Waals surface area contributed by atoms with Gasteiger partial charge in [0.05, 0.1) is 5.60 Å². The number of ether oxygens (including phenoxy) is 1. The Hall–Kier alpha value is -0.930. The van der Waals surface area contributed by atoms with E-state index in [9.17, 15) is 9.50 Å². The molecule has 1 aromatic carbocycles. The van der Waals surface area contributed by atoms with Crippen molar-refractivity contribution in [3.05, 3.63) is 35.1 Å². The molecule has 1 N–H and O–H groups in total. The van der Waals surface area contributed by atoms with Crippen molar-refractivity contribution in [3.63, 3.8) is 0 Å². The molecule has 3 heteroatoms. The Kier molecular flexibility index (Phi) is 4.22. The van der Waals surface area contributed by atoms with Crippen molar-refractivity contribution in [1.29, 1.82) is 0 Å². The SMILES string of the molecule is COC1(C(O)c2cc(C)cc(F)c2)CCC(C)(C)CC1. The molecule has 0 amide bonds. The van der Waals surface area contributed by atoms with Gasteiger partial charge in [0, 0.05) is 7.11 Å². The molecule has 0 aromatic heterocycles. The van der Waals surface area contributed by atoms with Crippen LogP contribution < -0.4 is 0 Å². The van der Waals surface area contributed by atoms with Crippen molar-refractivity contribution >= 4 is 0 Å². The molecule has 1 aliphatic rings. The normalized spacial score (nSPS) is 22.5. The third kappa shape index (κ3) is 3.04. The Morgan fingerprint density at radius 1 is 1.15 bits per heavy atom. The summed E-state index contributed by atoms with van der Waals surface area (Å²) in [6, 6.07) is 4.73. The van der Waals surface area contributed by atoms with Gasteiger partial charge in [-0.2, -0.15) is 0 Å². The first-order valence-corrected chi connectivity index (χ1v) is 7.28. The van der Waals surface area contributed by atoms with Crippen LogP contribution in [0.15, 0.2) is 18.2 Å². The lowest BCUT2D eigenvalue weighted by Crippen LogP contribution is -2.44. The van der Waals surface area contributed by atoms with E-state index in [0.29, 0.717) is 11.0 Å². The molecule has 0 radical (unpaired) electrons. The minimum absolute atomic E-state index is 0.291. The third-order valence-electron chi connectivity index (χ3n) is 4.73. The number of aliphatic hydroxyl groups is 1. The van der Waals surface area contributed by atoms with Crippen LogP contribution >= 0.6 is 0 Å². The van der Waals surface area contributed by atoms with Crippen LogP contribution in [-0.4, -0.2) is 17.8 Å². The molecule has 20 heavy (non-hydrogen) atoms. The van der Waals surface area contributed by atoms with Gasteiger partial charge in [0.15, 0.2) is 0 Å². The number of hydrogen-bond donors (Lipinski definition) is 1. The number of hydrogen-bond acceptors (Lipinski definition) is 2. The number of rotatable bonds is 3. The van der Waals surface area contributed by atoms with Gasteiger partial charge >= 0.3 is 0 Å². The van der Waals surface area contributed by atoms with E-state index < -0.39 is 11.7 Å². The molecule has 0 spiro atoms. The molecular weight excluding hydrogens is 255 g/mol. The monoisotopic (exact) mass is 280 g/mol. The molecule has 2 nitrogen and oxygen atoms in total. The summed E-state index contributed by atoms with van der Waals surface area (Å²) in [4.78, 5) is 0. The second kappa shape index (κ2) is 5.45. The highest BCUT2D eigenvalue weighted by Gasteiger charge is 2.44. The van der Waals surface area contributed by atoms with Crippen molar-refractivity contribution in [2.45, 2.75) is 58.2 Å². The van der Waals surface area contributed by atoms with E-state index in [1.54, 1.807) is 7.11 Å². The highest BCUT2D eigenvalue weighted by Crippen LogP contribution is 2.47. The number of aryl methyl sites for hydroxylation is 1. The first kappa shape index (κ1) is 15.5. The van der Waals surface area contributed by atoms with Gasteiger partial charge in [-0.1, -0.05) is 19.9 Å². The smallest absolute Gasteiger partial charge is 0.123 e. The zero-order valence-corrected chi connectivity index (χ0v) is 12.9. The van der Waals surface area contributed by atoms with Crippen molar-refractivity contribution in [2.24, 2.45) is 5.41 Å². The number of benzene rings is 1. The van der Waals surface area contributed by atoms with Crippen molar-refractivity contribution in [2.75, 3.05) is 7.11 Å². The predicted octanol–water partition coefficient (Wildman–Crippen LogP) is 4.15. The largest absolute Gasteiger partial charge is 0.385 e. The molecule has 0 aliphatic heterocycles. The van der Waals surface area contributed by atoms with Gasteiger partial charge < -0.3 is 9.84 Å². The molecule has 1 saturated carbocycles. The maximum Gasteiger partial charge on any atom is 0.123 e. The molecule has 1 aromatic rings. The van der Waals surface area contributed by atoms with Crippen LogP contribution in [0.25, 0.3) is 0 Å². The van der Waals surface area contributed by atoms with Gasteiger partial charge in [-0.3, -0.25) is 0 Å². The summed E-state index contributed by atoms with van der Waals surface area (Å²) in [5.74, 6) is -0.304. The molecule has 2 rings (SSSR count). The third-order valence-corrected chi connectivity index (χ3v) is 4.73. The molecule has 1 aliphatic carbocycles. The van der Waals surface area contributed by atoms with Crippen LogP contribution in [0.1, 0.15) is 56.8 Å². The second-order valence-corrected chi connectivity index (χ2v) is 6.90. The van der Waals surface area contributed by atoms with Crippen LogP contribution in [-0.2, 0) is 4.74 Å². The fourth-order valence-electron chi connectivity index (χ4n) is 3.17. The molecule has 1 atom stereocenters. The topological polar surface area (TPSA) is 29.5 Å². The van der Waals surface area contributed by atoms with Crippen LogP contribution in [0, 0.1) is 18.2 Å². The van der Waals surface area contributed by atoms with Gasteiger partial charge in [-0.25, -0.2) is 4.39 Å². The summed E-state index contributed by atoms with van der Waals surface area (Å²) >= 11 is 0. The van der Waals surface area contributed by atoms with Crippen LogP contribution in [0.2, 0.25) is 0 Å². The average Bonchev–Trinajstić information content (AvgIpc) is 2.37. The summed E-state index contributed by atoms with van der Waals surface area (Å²) in [6.07, 6.45) is 2.83. The summed E-state index contributed by atoms with van der Waals surface area (Å²) in [5, 5.41) is 10.7. The maximum absolute atomic E-state index is 13.6. The lowest BCUT2D eigenvalue weighted by molar-refractivity contribution is -0.138. The maximum atomic E-state index is 13.6. The highest BCUT2D eigenvalue weighted by atomic mass is 19.1. The van der Waals surface area contributed by atoms with Crippen LogP contribution in [0.4, 0.5) is 4.39 Å². The van der Waals surface area contributed by atoms with Crippen LogP contribution in [0.5, 0.6) is 0 Å². The predicted molar refractivity (Wildman–Crippen MR) is 78.1 cm³/mol. The lowest BCUT2D eigenvalue weighted by Gasteiger charge is -2.45. The van der Waals surface area contributed by atoms with Gasteiger partial charge in [-0.15, -0.1) is 0 Å². The van der Waals surface area contributed by atoms with Crippen molar-refractivity contribution in [3.8, 4) is 0 Å². The minimum Gasteiger partial charge on any atom is -0.385 e. The highest BCUT2D eigenvalue weighted by molar-refractivity contribution is 5.27. The quantitative estimate of drug-likeness (QED) is 0.901. The van der Waals surface area contributed by atoms with Crippen molar-refractivity contribution < 1.29 is 14.2 Å². The molecule has 1 unspecified atom stereocenters. The number of aliphatic hydroxyl groups excluding tert-OH is 1. The molecule has 0 bridgehead atoms. The number of methoxy groups -OCH3 is 1. The Morgan fingerprint density at radius 3 is 2.25 bits per heavy atom. The van der Waals surface area contributed by atoms with Gasteiger partial charge in [0.2, 0.25) is 0 Å². The Morgan fingerprint density at radius 2 is 1.75 bits per heavy atom. The van der Waals surface area contributed by atoms with E-state index in [4.69, 9.17) is 4.74 Å². The van der Waals surface area contributed by atoms with Gasteiger partial charge in [-0.05, 0) is 61.3 Å². The molecule has 0 saturated heterocycles. The summed E-state index contributed by atoms with van der Waals surface area (Å²) in [7, 11) is 1.65. The molecule has 0 heterocycles. The Balaban J connectivity index is 2.27. The summed E-state index contributed by atoms with van der Waals surface area (Å²) in [6.45, 7) is 6.32. The molecular formula is C17H25FO2. The van der Waals surface area contributed by atoms with Crippen LogP contribution in [0.3, 0.4) is 0 Å².